The van der Waals surface area contributed by atoms with E-state index in [0.29, 0.717) is 6.42 Å². The van der Waals surface area contributed by atoms with E-state index in [4.69, 9.17) is 5.11 Å². The Labute approximate surface area is 81.3 Å². The maximum Gasteiger partial charge on any atom is 0.0577 e. The Morgan fingerprint density at radius 3 is 2.46 bits per heavy atom. The molecule has 2 atom stereocenters. The average molecular weight is 186 g/mol. The molecule has 2 heteroatoms. The van der Waals surface area contributed by atoms with Crippen LogP contribution in [0.5, 0.6) is 0 Å². The van der Waals surface area contributed by atoms with Gasteiger partial charge in [-0.05, 0) is 25.2 Å². The summed E-state index contributed by atoms with van der Waals surface area (Å²) in [7, 11) is 0. The maximum absolute atomic E-state index is 9.48. The van der Waals surface area contributed by atoms with Crippen molar-refractivity contribution < 1.29 is 10.2 Å². The third-order valence-electron chi connectivity index (χ3n) is 2.10. The fourth-order valence-corrected chi connectivity index (χ4v) is 1.41. The molecule has 78 valence electrons. The Morgan fingerprint density at radius 2 is 2.00 bits per heavy atom. The molecule has 2 N–H and O–H groups in total. The molecule has 0 spiro atoms. The first-order chi connectivity index (χ1) is 6.10. The molecule has 0 heterocycles. The van der Waals surface area contributed by atoms with Gasteiger partial charge in [-0.3, -0.25) is 0 Å². The Bertz CT molecular complexity index is 143. The maximum atomic E-state index is 9.48. The zero-order valence-electron chi connectivity index (χ0n) is 8.79. The van der Waals surface area contributed by atoms with Crippen molar-refractivity contribution in [2.75, 3.05) is 6.61 Å². The third kappa shape index (κ3) is 6.79. The molecule has 0 aromatic heterocycles. The van der Waals surface area contributed by atoms with Gasteiger partial charge in [0.15, 0.2) is 0 Å². The van der Waals surface area contributed by atoms with Gasteiger partial charge in [0.2, 0.25) is 0 Å². The van der Waals surface area contributed by atoms with Crippen molar-refractivity contribution >= 4 is 0 Å². The summed E-state index contributed by atoms with van der Waals surface area (Å²) in [4.78, 5) is 0. The SMILES string of the molecule is C=C(C[C@H](C)CO)C[C@H](O)CCC. The summed E-state index contributed by atoms with van der Waals surface area (Å²) >= 11 is 0. The van der Waals surface area contributed by atoms with Crippen LogP contribution in [0.4, 0.5) is 0 Å². The van der Waals surface area contributed by atoms with Crippen molar-refractivity contribution in [2.24, 2.45) is 5.92 Å². The summed E-state index contributed by atoms with van der Waals surface area (Å²) in [5.41, 5.74) is 1.04. The molecule has 0 aromatic carbocycles. The second kappa shape index (κ2) is 7.10. The summed E-state index contributed by atoms with van der Waals surface area (Å²) in [6.45, 7) is 8.13. The summed E-state index contributed by atoms with van der Waals surface area (Å²) in [6.07, 6.45) is 3.09. The molecule has 0 aliphatic rings. The lowest BCUT2D eigenvalue weighted by molar-refractivity contribution is 0.160. The summed E-state index contributed by atoms with van der Waals surface area (Å²) in [5, 5.41) is 18.3. The topological polar surface area (TPSA) is 40.5 Å². The largest absolute Gasteiger partial charge is 0.396 e. The van der Waals surface area contributed by atoms with Gasteiger partial charge in [0.05, 0.1) is 6.10 Å². The second-order valence-corrected chi connectivity index (χ2v) is 3.89. The molecule has 0 rings (SSSR count). The van der Waals surface area contributed by atoms with Gasteiger partial charge in [-0.2, -0.15) is 0 Å². The van der Waals surface area contributed by atoms with Gasteiger partial charge in [0.1, 0.15) is 0 Å². The molecule has 0 aliphatic heterocycles. The van der Waals surface area contributed by atoms with E-state index < -0.39 is 0 Å². The molecule has 0 bridgehead atoms. The number of aliphatic hydroxyl groups excluding tert-OH is 2. The van der Waals surface area contributed by atoms with E-state index >= 15 is 0 Å². The molecule has 0 saturated carbocycles. The Balaban J connectivity index is 3.61. The van der Waals surface area contributed by atoms with Crippen molar-refractivity contribution in [3.05, 3.63) is 12.2 Å². The summed E-state index contributed by atoms with van der Waals surface area (Å²) < 4.78 is 0. The van der Waals surface area contributed by atoms with Crippen molar-refractivity contribution in [1.82, 2.24) is 0 Å². The highest BCUT2D eigenvalue weighted by Crippen LogP contribution is 2.16. The monoisotopic (exact) mass is 186 g/mol. The summed E-state index contributed by atoms with van der Waals surface area (Å²) in [5.74, 6) is 0.265. The molecule has 0 saturated heterocycles. The lowest BCUT2D eigenvalue weighted by Crippen LogP contribution is -2.09. The van der Waals surface area contributed by atoms with E-state index in [1.54, 1.807) is 0 Å². The molecule has 0 unspecified atom stereocenters. The molecule has 2 nitrogen and oxygen atoms in total. The zero-order chi connectivity index (χ0) is 10.3. The quantitative estimate of drug-likeness (QED) is 0.598. The van der Waals surface area contributed by atoms with Crippen molar-refractivity contribution in [1.29, 1.82) is 0 Å². The van der Waals surface area contributed by atoms with E-state index in [0.717, 1.165) is 24.8 Å². The minimum absolute atomic E-state index is 0.197. The Morgan fingerprint density at radius 1 is 1.38 bits per heavy atom. The molecular weight excluding hydrogens is 164 g/mol. The molecule has 0 radical (unpaired) electrons. The van der Waals surface area contributed by atoms with Crippen LogP contribution < -0.4 is 0 Å². The first kappa shape index (κ1) is 12.7. The van der Waals surface area contributed by atoms with Crippen molar-refractivity contribution in [3.63, 3.8) is 0 Å². The van der Waals surface area contributed by atoms with Crippen LogP contribution in [-0.4, -0.2) is 22.9 Å². The van der Waals surface area contributed by atoms with Crippen LogP contribution in [0.25, 0.3) is 0 Å². The predicted molar refractivity (Wildman–Crippen MR) is 55.5 cm³/mol. The number of hydrogen-bond acceptors (Lipinski definition) is 2. The molecule has 0 amide bonds. The van der Waals surface area contributed by atoms with E-state index in [1.807, 2.05) is 6.92 Å². The molecule has 13 heavy (non-hydrogen) atoms. The minimum atomic E-state index is -0.247. The van der Waals surface area contributed by atoms with Gasteiger partial charge in [0.25, 0.3) is 0 Å². The van der Waals surface area contributed by atoms with Gasteiger partial charge >= 0.3 is 0 Å². The second-order valence-electron chi connectivity index (χ2n) is 3.89. The van der Waals surface area contributed by atoms with Crippen LogP contribution in [0.1, 0.15) is 39.5 Å². The van der Waals surface area contributed by atoms with Crippen molar-refractivity contribution in [2.45, 2.75) is 45.6 Å². The zero-order valence-corrected chi connectivity index (χ0v) is 8.79. The van der Waals surface area contributed by atoms with E-state index in [9.17, 15) is 5.11 Å². The smallest absolute Gasteiger partial charge is 0.0577 e. The third-order valence-corrected chi connectivity index (χ3v) is 2.10. The predicted octanol–water partition coefficient (Wildman–Crippen LogP) is 2.11. The van der Waals surface area contributed by atoms with Crippen molar-refractivity contribution in [3.8, 4) is 0 Å². The highest BCUT2D eigenvalue weighted by atomic mass is 16.3. The molecule has 0 fully saturated rings. The van der Waals surface area contributed by atoms with Gasteiger partial charge in [0, 0.05) is 6.61 Å². The van der Waals surface area contributed by atoms with Crippen LogP contribution >= 0.6 is 0 Å². The molecule has 0 aromatic rings. The van der Waals surface area contributed by atoms with Gasteiger partial charge in [-0.25, -0.2) is 0 Å². The first-order valence-electron chi connectivity index (χ1n) is 5.05. The number of hydrogen-bond donors (Lipinski definition) is 2. The lowest BCUT2D eigenvalue weighted by Gasteiger charge is -2.14. The van der Waals surface area contributed by atoms with E-state index in [2.05, 4.69) is 13.5 Å². The number of aliphatic hydroxyl groups is 2. The van der Waals surface area contributed by atoms with Gasteiger partial charge in [-0.1, -0.05) is 32.4 Å². The van der Waals surface area contributed by atoms with Gasteiger partial charge < -0.3 is 10.2 Å². The van der Waals surface area contributed by atoms with Crippen LogP contribution in [0, 0.1) is 5.92 Å². The van der Waals surface area contributed by atoms with Crippen LogP contribution in [0.3, 0.4) is 0 Å². The first-order valence-corrected chi connectivity index (χ1v) is 5.05. The number of rotatable bonds is 7. The summed E-state index contributed by atoms with van der Waals surface area (Å²) in [6, 6.07) is 0. The van der Waals surface area contributed by atoms with Crippen LogP contribution in [-0.2, 0) is 0 Å². The van der Waals surface area contributed by atoms with E-state index in [1.165, 1.54) is 0 Å². The Kier molecular flexibility index (Phi) is 6.92. The molecule has 0 aliphatic carbocycles. The minimum Gasteiger partial charge on any atom is -0.396 e. The van der Waals surface area contributed by atoms with E-state index in [-0.39, 0.29) is 18.6 Å². The fraction of sp³-hybridized carbons (Fsp3) is 0.818. The van der Waals surface area contributed by atoms with Gasteiger partial charge in [-0.15, -0.1) is 0 Å². The molecular formula is C11H22O2. The van der Waals surface area contributed by atoms with Crippen LogP contribution in [0.15, 0.2) is 12.2 Å². The van der Waals surface area contributed by atoms with Crippen LogP contribution in [0.2, 0.25) is 0 Å². The highest BCUT2D eigenvalue weighted by Gasteiger charge is 2.08. The highest BCUT2D eigenvalue weighted by molar-refractivity contribution is 4.97. The standard InChI is InChI=1S/C11H22O2/c1-4-5-11(13)7-9(2)6-10(3)8-12/h10-13H,2,4-8H2,1,3H3/t10-,11+/m0/s1. The average Bonchev–Trinajstić information content (AvgIpc) is 2.04. The fourth-order valence-electron chi connectivity index (χ4n) is 1.41. The Hall–Kier alpha value is -0.340. The normalized spacial score (nSPS) is 15.4. The lowest BCUT2D eigenvalue weighted by atomic mass is 9.97.